The van der Waals surface area contributed by atoms with Gasteiger partial charge in [0.2, 0.25) is 0 Å². The van der Waals surface area contributed by atoms with Gasteiger partial charge in [-0.25, -0.2) is 0 Å². The second kappa shape index (κ2) is 6.72. The highest BCUT2D eigenvalue weighted by atomic mass is 16.5. The lowest BCUT2D eigenvalue weighted by Gasteiger charge is -2.39. The zero-order chi connectivity index (χ0) is 12.1. The zero-order valence-electron chi connectivity index (χ0n) is 11.5. The van der Waals surface area contributed by atoms with Gasteiger partial charge in [0, 0.05) is 31.3 Å². The molecule has 2 aliphatic heterocycles. The van der Waals surface area contributed by atoms with E-state index in [-0.39, 0.29) is 0 Å². The number of nitrogens with zero attached hydrogens (tertiary/aromatic N) is 1. The smallest absolute Gasteiger partial charge is 0.0593 e. The second-order valence-corrected chi connectivity index (χ2v) is 5.44. The third-order valence-electron chi connectivity index (χ3n) is 4.27. The van der Waals surface area contributed by atoms with Gasteiger partial charge in [0.25, 0.3) is 0 Å². The first-order valence-corrected chi connectivity index (χ1v) is 7.42. The molecule has 2 atom stereocenters. The number of ether oxygens (including phenoxy) is 1. The van der Waals surface area contributed by atoms with Gasteiger partial charge in [-0.05, 0) is 45.6 Å². The predicted octanol–water partition coefficient (Wildman–Crippen LogP) is 2.02. The molecule has 2 fully saturated rings. The molecule has 0 aromatic rings. The summed E-state index contributed by atoms with van der Waals surface area (Å²) in [5.74, 6) is 0. The number of rotatable bonds is 7. The first-order valence-electron chi connectivity index (χ1n) is 7.42. The summed E-state index contributed by atoms with van der Waals surface area (Å²) in [4.78, 5) is 2.71. The van der Waals surface area contributed by atoms with Gasteiger partial charge >= 0.3 is 0 Å². The molecule has 2 bridgehead atoms. The lowest BCUT2D eigenvalue weighted by Crippen LogP contribution is -2.50. The number of fused-ring (bicyclic) bond motifs is 2. The standard InChI is InChI=1S/C14H28N2O/c1-3-7-15-12-10-13-5-6-14(11-12)16(13)8-9-17-4-2/h12-15H,3-11H2,1-2H3. The van der Waals surface area contributed by atoms with Crippen LogP contribution in [-0.2, 0) is 4.74 Å². The van der Waals surface area contributed by atoms with Crippen LogP contribution in [0.1, 0.15) is 46.0 Å². The lowest BCUT2D eigenvalue weighted by molar-refractivity contribution is 0.0634. The summed E-state index contributed by atoms with van der Waals surface area (Å²) in [5.41, 5.74) is 0. The molecule has 3 nitrogen and oxygen atoms in total. The first kappa shape index (κ1) is 13.3. The van der Waals surface area contributed by atoms with E-state index < -0.39 is 0 Å². The van der Waals surface area contributed by atoms with Gasteiger partial charge in [-0.15, -0.1) is 0 Å². The monoisotopic (exact) mass is 240 g/mol. The maximum atomic E-state index is 5.50. The molecule has 0 aromatic heterocycles. The van der Waals surface area contributed by atoms with Crippen LogP contribution in [0.5, 0.6) is 0 Å². The molecule has 3 heteroatoms. The van der Waals surface area contributed by atoms with Crippen LogP contribution in [0.15, 0.2) is 0 Å². The fraction of sp³-hybridized carbons (Fsp3) is 1.00. The Morgan fingerprint density at radius 1 is 1.18 bits per heavy atom. The Bertz CT molecular complexity index is 208. The van der Waals surface area contributed by atoms with Crippen LogP contribution in [0.4, 0.5) is 0 Å². The lowest BCUT2D eigenvalue weighted by atomic mass is 9.97. The minimum absolute atomic E-state index is 0.774. The summed E-state index contributed by atoms with van der Waals surface area (Å²) in [6.07, 6.45) is 6.76. The summed E-state index contributed by atoms with van der Waals surface area (Å²) in [6, 6.07) is 2.42. The molecule has 0 radical (unpaired) electrons. The average Bonchev–Trinajstić information content (AvgIpc) is 2.59. The van der Waals surface area contributed by atoms with Crippen molar-refractivity contribution in [2.75, 3.05) is 26.3 Å². The van der Waals surface area contributed by atoms with Gasteiger partial charge in [-0.1, -0.05) is 6.92 Å². The highest BCUT2D eigenvalue weighted by Crippen LogP contribution is 2.35. The van der Waals surface area contributed by atoms with Gasteiger partial charge < -0.3 is 10.1 Å². The number of piperidine rings is 1. The van der Waals surface area contributed by atoms with E-state index in [1.54, 1.807) is 0 Å². The van der Waals surface area contributed by atoms with Crippen LogP contribution in [0.2, 0.25) is 0 Å². The van der Waals surface area contributed by atoms with Crippen molar-refractivity contribution in [3.63, 3.8) is 0 Å². The van der Waals surface area contributed by atoms with Gasteiger partial charge in [0.1, 0.15) is 0 Å². The Balaban J connectivity index is 1.76. The van der Waals surface area contributed by atoms with E-state index in [9.17, 15) is 0 Å². The highest BCUT2D eigenvalue weighted by molar-refractivity contribution is 4.97. The van der Waals surface area contributed by atoms with E-state index in [1.165, 1.54) is 38.6 Å². The van der Waals surface area contributed by atoms with Crippen LogP contribution in [0.25, 0.3) is 0 Å². The zero-order valence-corrected chi connectivity index (χ0v) is 11.5. The molecule has 2 aliphatic rings. The Labute approximate surface area is 106 Å². The van der Waals surface area contributed by atoms with Crippen LogP contribution < -0.4 is 5.32 Å². The van der Waals surface area contributed by atoms with Crippen LogP contribution in [0, 0.1) is 0 Å². The maximum absolute atomic E-state index is 5.50. The number of hydrogen-bond donors (Lipinski definition) is 1. The van der Waals surface area contributed by atoms with E-state index in [2.05, 4.69) is 24.1 Å². The molecule has 1 N–H and O–H groups in total. The molecule has 0 amide bonds. The maximum Gasteiger partial charge on any atom is 0.0593 e. The van der Waals surface area contributed by atoms with E-state index in [4.69, 9.17) is 4.74 Å². The van der Waals surface area contributed by atoms with Crippen LogP contribution >= 0.6 is 0 Å². The predicted molar refractivity (Wildman–Crippen MR) is 71.3 cm³/mol. The Morgan fingerprint density at radius 2 is 1.88 bits per heavy atom. The molecule has 2 rings (SSSR count). The second-order valence-electron chi connectivity index (χ2n) is 5.44. The van der Waals surface area contributed by atoms with E-state index in [1.807, 2.05) is 0 Å². The Morgan fingerprint density at radius 3 is 2.47 bits per heavy atom. The van der Waals surface area contributed by atoms with Crippen molar-refractivity contribution < 1.29 is 4.74 Å². The molecule has 17 heavy (non-hydrogen) atoms. The highest BCUT2D eigenvalue weighted by Gasteiger charge is 2.39. The van der Waals surface area contributed by atoms with Crippen molar-refractivity contribution in [2.45, 2.75) is 64.1 Å². The normalized spacial score (nSPS) is 33.2. The number of nitrogens with one attached hydrogen (secondary N) is 1. The van der Waals surface area contributed by atoms with E-state index >= 15 is 0 Å². The third-order valence-corrected chi connectivity index (χ3v) is 4.27. The third kappa shape index (κ3) is 3.43. The molecule has 0 aliphatic carbocycles. The molecule has 0 aromatic carbocycles. The van der Waals surface area contributed by atoms with Crippen molar-refractivity contribution >= 4 is 0 Å². The summed E-state index contributed by atoms with van der Waals surface area (Å²) in [7, 11) is 0. The fourth-order valence-electron chi connectivity index (χ4n) is 3.47. The Kier molecular flexibility index (Phi) is 5.26. The Hall–Kier alpha value is -0.120. The average molecular weight is 240 g/mol. The largest absolute Gasteiger partial charge is 0.380 e. The van der Waals surface area contributed by atoms with Crippen molar-refractivity contribution in [1.82, 2.24) is 10.2 Å². The molecule has 100 valence electrons. The number of hydrogen-bond acceptors (Lipinski definition) is 3. The van der Waals surface area contributed by atoms with Gasteiger partial charge in [-0.2, -0.15) is 0 Å². The molecule has 2 saturated heterocycles. The summed E-state index contributed by atoms with van der Waals surface area (Å²) in [5, 5.41) is 3.70. The quantitative estimate of drug-likeness (QED) is 0.689. The molecular formula is C14H28N2O. The molecule has 0 spiro atoms. The van der Waals surface area contributed by atoms with Crippen LogP contribution in [-0.4, -0.2) is 49.3 Å². The fourth-order valence-corrected chi connectivity index (χ4v) is 3.47. The van der Waals surface area contributed by atoms with Crippen molar-refractivity contribution in [1.29, 1.82) is 0 Å². The molecule has 2 unspecified atom stereocenters. The molecule has 0 saturated carbocycles. The van der Waals surface area contributed by atoms with Gasteiger partial charge in [0.05, 0.1) is 6.61 Å². The minimum atomic E-state index is 0.774. The van der Waals surface area contributed by atoms with E-state index in [0.717, 1.165) is 37.9 Å². The van der Waals surface area contributed by atoms with Crippen LogP contribution in [0.3, 0.4) is 0 Å². The summed E-state index contributed by atoms with van der Waals surface area (Å²) in [6.45, 7) is 8.42. The van der Waals surface area contributed by atoms with Crippen molar-refractivity contribution in [3.8, 4) is 0 Å². The minimum Gasteiger partial charge on any atom is -0.380 e. The van der Waals surface area contributed by atoms with E-state index in [0.29, 0.717) is 0 Å². The summed E-state index contributed by atoms with van der Waals surface area (Å²) < 4.78 is 5.50. The molecular weight excluding hydrogens is 212 g/mol. The molecule has 2 heterocycles. The SMILES string of the molecule is CCCNC1CC2CCC(C1)N2CCOCC. The first-order chi connectivity index (χ1) is 8.35. The van der Waals surface area contributed by atoms with Gasteiger partial charge in [0.15, 0.2) is 0 Å². The van der Waals surface area contributed by atoms with Gasteiger partial charge in [-0.3, -0.25) is 4.90 Å². The topological polar surface area (TPSA) is 24.5 Å². The summed E-state index contributed by atoms with van der Waals surface area (Å²) >= 11 is 0. The van der Waals surface area contributed by atoms with Crippen molar-refractivity contribution in [3.05, 3.63) is 0 Å². The van der Waals surface area contributed by atoms with Crippen molar-refractivity contribution in [2.24, 2.45) is 0 Å².